The number of hydrogen-bond acceptors (Lipinski definition) is 3. The molecule has 0 saturated carbocycles. The molecule has 0 fully saturated rings. The zero-order valence-electron chi connectivity index (χ0n) is 7.76. The Hall–Kier alpha value is -0.540. The number of aryl methyl sites for hydroxylation is 1. The predicted octanol–water partition coefficient (Wildman–Crippen LogP) is 2.50. The number of thiophene rings is 1. The fraction of sp³-hybridized carbons (Fsp3) is 0.556. The van der Waals surface area contributed by atoms with Gasteiger partial charge in [-0.3, -0.25) is 0 Å². The Morgan fingerprint density at radius 3 is 2.83 bits per heavy atom. The Bertz CT molecular complexity index is 234. The number of nitrogens with one attached hydrogen (secondary N) is 1. The summed E-state index contributed by atoms with van der Waals surface area (Å²) in [7, 11) is 1.72. The Balaban J connectivity index is 2.46. The summed E-state index contributed by atoms with van der Waals surface area (Å²) in [4.78, 5) is 0. The van der Waals surface area contributed by atoms with Gasteiger partial charge >= 0.3 is 0 Å². The molecular weight excluding hydrogens is 170 g/mol. The second-order valence-corrected chi connectivity index (χ2v) is 3.71. The van der Waals surface area contributed by atoms with Crippen LogP contribution in [0.1, 0.15) is 12.5 Å². The van der Waals surface area contributed by atoms with Crippen LogP contribution in [0.3, 0.4) is 0 Å². The summed E-state index contributed by atoms with van der Waals surface area (Å²) in [5.74, 6) is 0. The maximum atomic E-state index is 5.03. The molecule has 0 spiro atoms. The van der Waals surface area contributed by atoms with Crippen molar-refractivity contribution in [2.24, 2.45) is 0 Å². The summed E-state index contributed by atoms with van der Waals surface area (Å²) in [5, 5.41) is 7.64. The summed E-state index contributed by atoms with van der Waals surface area (Å²) in [6.07, 6.45) is 0. The fourth-order valence-corrected chi connectivity index (χ4v) is 1.85. The van der Waals surface area contributed by atoms with E-state index in [9.17, 15) is 0 Å². The van der Waals surface area contributed by atoms with Crippen molar-refractivity contribution in [2.75, 3.05) is 19.0 Å². The van der Waals surface area contributed by atoms with Gasteiger partial charge in [-0.2, -0.15) is 0 Å². The summed E-state index contributed by atoms with van der Waals surface area (Å²) in [6, 6.07) is 0.378. The molecule has 1 unspecified atom stereocenters. The molecule has 0 aromatic carbocycles. The van der Waals surface area contributed by atoms with E-state index in [0.717, 1.165) is 6.61 Å². The lowest BCUT2D eigenvalue weighted by Crippen LogP contribution is -2.20. The lowest BCUT2D eigenvalue weighted by Gasteiger charge is -2.13. The normalized spacial score (nSPS) is 12.9. The third-order valence-electron chi connectivity index (χ3n) is 1.67. The summed E-state index contributed by atoms with van der Waals surface area (Å²) in [5.41, 5.74) is 2.53. The zero-order chi connectivity index (χ0) is 8.97. The first-order chi connectivity index (χ1) is 5.74. The van der Waals surface area contributed by atoms with E-state index >= 15 is 0 Å². The Kier molecular flexibility index (Phi) is 3.56. The maximum Gasteiger partial charge on any atom is 0.0661 e. The Morgan fingerprint density at radius 2 is 2.33 bits per heavy atom. The summed E-state index contributed by atoms with van der Waals surface area (Å²) < 4.78 is 5.03. The van der Waals surface area contributed by atoms with Crippen LogP contribution >= 0.6 is 11.3 Å². The topological polar surface area (TPSA) is 21.3 Å². The first kappa shape index (κ1) is 9.55. The number of hydrogen-bond donors (Lipinski definition) is 1. The first-order valence-corrected chi connectivity index (χ1v) is 4.96. The van der Waals surface area contributed by atoms with Crippen LogP contribution in [-0.2, 0) is 4.74 Å². The molecule has 2 nitrogen and oxygen atoms in total. The van der Waals surface area contributed by atoms with Crippen LogP contribution < -0.4 is 5.32 Å². The minimum Gasteiger partial charge on any atom is -0.383 e. The number of anilines is 1. The van der Waals surface area contributed by atoms with E-state index in [4.69, 9.17) is 4.74 Å². The molecule has 3 heteroatoms. The highest BCUT2D eigenvalue weighted by Crippen LogP contribution is 2.19. The molecule has 0 radical (unpaired) electrons. The van der Waals surface area contributed by atoms with Crippen molar-refractivity contribution >= 4 is 17.0 Å². The van der Waals surface area contributed by atoms with E-state index in [1.54, 1.807) is 18.4 Å². The van der Waals surface area contributed by atoms with Gasteiger partial charge in [0.05, 0.1) is 6.61 Å². The highest BCUT2D eigenvalue weighted by atomic mass is 32.1. The SMILES string of the molecule is COCC(C)Nc1cscc1C. The predicted molar refractivity (Wildman–Crippen MR) is 54.0 cm³/mol. The van der Waals surface area contributed by atoms with Crippen LogP contribution in [0.5, 0.6) is 0 Å². The summed E-state index contributed by atoms with van der Waals surface area (Å²) in [6.45, 7) is 4.97. The van der Waals surface area contributed by atoms with Crippen LogP contribution in [0.15, 0.2) is 10.8 Å². The van der Waals surface area contributed by atoms with Gasteiger partial charge < -0.3 is 10.1 Å². The van der Waals surface area contributed by atoms with Crippen LogP contribution in [0.2, 0.25) is 0 Å². The van der Waals surface area contributed by atoms with Crippen molar-refractivity contribution in [3.63, 3.8) is 0 Å². The third kappa shape index (κ3) is 2.50. The third-order valence-corrected chi connectivity index (χ3v) is 2.54. The molecule has 0 saturated heterocycles. The Labute approximate surface area is 77.6 Å². The van der Waals surface area contributed by atoms with Gasteiger partial charge in [-0.05, 0) is 24.8 Å². The highest BCUT2D eigenvalue weighted by Gasteiger charge is 2.03. The molecule has 0 amide bonds. The van der Waals surface area contributed by atoms with Gasteiger partial charge in [-0.25, -0.2) is 0 Å². The fourth-order valence-electron chi connectivity index (χ4n) is 1.07. The van der Waals surface area contributed by atoms with E-state index in [1.165, 1.54) is 11.3 Å². The molecule has 0 aliphatic heterocycles. The minimum atomic E-state index is 0.378. The highest BCUT2D eigenvalue weighted by molar-refractivity contribution is 7.08. The quantitative estimate of drug-likeness (QED) is 0.778. The second-order valence-electron chi connectivity index (χ2n) is 2.97. The Morgan fingerprint density at radius 1 is 1.58 bits per heavy atom. The van der Waals surface area contributed by atoms with E-state index in [2.05, 4.69) is 29.9 Å². The van der Waals surface area contributed by atoms with Crippen molar-refractivity contribution in [3.8, 4) is 0 Å². The van der Waals surface area contributed by atoms with Crippen LogP contribution in [-0.4, -0.2) is 19.8 Å². The lowest BCUT2D eigenvalue weighted by atomic mass is 10.3. The molecule has 12 heavy (non-hydrogen) atoms. The van der Waals surface area contributed by atoms with Gasteiger partial charge in [0.15, 0.2) is 0 Å². The van der Waals surface area contributed by atoms with E-state index in [1.807, 2.05) is 0 Å². The molecule has 68 valence electrons. The first-order valence-electron chi connectivity index (χ1n) is 4.02. The lowest BCUT2D eigenvalue weighted by molar-refractivity contribution is 0.190. The monoisotopic (exact) mass is 185 g/mol. The number of methoxy groups -OCH3 is 1. The molecule has 0 aliphatic rings. The molecule has 1 heterocycles. The van der Waals surface area contributed by atoms with Crippen molar-refractivity contribution in [1.82, 2.24) is 0 Å². The standard InChI is InChI=1S/C9H15NOS/c1-7-5-12-6-9(7)10-8(2)4-11-3/h5-6,8,10H,4H2,1-3H3. The van der Waals surface area contributed by atoms with Crippen LogP contribution in [0.25, 0.3) is 0 Å². The average molecular weight is 185 g/mol. The maximum absolute atomic E-state index is 5.03. The number of rotatable bonds is 4. The van der Waals surface area contributed by atoms with Gasteiger partial charge in [0, 0.05) is 24.2 Å². The zero-order valence-corrected chi connectivity index (χ0v) is 8.57. The van der Waals surface area contributed by atoms with Crippen LogP contribution in [0.4, 0.5) is 5.69 Å². The molecule has 1 aromatic rings. The molecule has 0 bridgehead atoms. The molecule has 1 atom stereocenters. The molecule has 0 aliphatic carbocycles. The molecule has 1 N–H and O–H groups in total. The van der Waals surface area contributed by atoms with Gasteiger partial charge in [-0.1, -0.05) is 0 Å². The largest absolute Gasteiger partial charge is 0.383 e. The smallest absolute Gasteiger partial charge is 0.0661 e. The average Bonchev–Trinajstić information content (AvgIpc) is 2.37. The van der Waals surface area contributed by atoms with Crippen molar-refractivity contribution in [1.29, 1.82) is 0 Å². The van der Waals surface area contributed by atoms with Gasteiger partial charge in [0.1, 0.15) is 0 Å². The minimum absolute atomic E-state index is 0.378. The van der Waals surface area contributed by atoms with Crippen molar-refractivity contribution < 1.29 is 4.74 Å². The van der Waals surface area contributed by atoms with E-state index in [-0.39, 0.29) is 0 Å². The number of ether oxygens (including phenoxy) is 1. The van der Waals surface area contributed by atoms with Gasteiger partial charge in [-0.15, -0.1) is 11.3 Å². The second kappa shape index (κ2) is 4.48. The van der Waals surface area contributed by atoms with E-state index in [0.29, 0.717) is 6.04 Å². The molecule has 1 aromatic heterocycles. The van der Waals surface area contributed by atoms with E-state index < -0.39 is 0 Å². The van der Waals surface area contributed by atoms with Crippen molar-refractivity contribution in [3.05, 3.63) is 16.3 Å². The van der Waals surface area contributed by atoms with Gasteiger partial charge in [0.2, 0.25) is 0 Å². The molecule has 1 rings (SSSR count). The molecular formula is C9H15NOS. The van der Waals surface area contributed by atoms with Crippen LogP contribution in [0, 0.1) is 6.92 Å². The van der Waals surface area contributed by atoms with Crippen molar-refractivity contribution in [2.45, 2.75) is 19.9 Å². The summed E-state index contributed by atoms with van der Waals surface area (Å²) >= 11 is 1.72. The van der Waals surface area contributed by atoms with Gasteiger partial charge in [0.25, 0.3) is 0 Å².